The predicted molar refractivity (Wildman–Crippen MR) is 117 cm³/mol. The van der Waals surface area contributed by atoms with E-state index in [4.69, 9.17) is 14.2 Å². The minimum atomic E-state index is -0.728. The number of fused-ring (bicyclic) bond motifs is 1. The van der Waals surface area contributed by atoms with Crippen molar-refractivity contribution in [3.05, 3.63) is 35.0 Å². The lowest BCUT2D eigenvalue weighted by Crippen LogP contribution is -2.40. The van der Waals surface area contributed by atoms with Gasteiger partial charge in [0.05, 0.1) is 35.3 Å². The van der Waals surface area contributed by atoms with Gasteiger partial charge in [-0.1, -0.05) is 17.8 Å². The Bertz CT molecular complexity index is 984. The van der Waals surface area contributed by atoms with E-state index in [-0.39, 0.29) is 23.0 Å². The fraction of sp³-hybridized carbons (Fsp3) is 0.455. The monoisotopic (exact) mass is 446 g/mol. The Morgan fingerprint density at radius 2 is 1.97 bits per heavy atom. The summed E-state index contributed by atoms with van der Waals surface area (Å²) in [6.07, 6.45) is -0.327. The van der Waals surface area contributed by atoms with Crippen LogP contribution < -0.4 is 9.47 Å². The zero-order valence-electron chi connectivity index (χ0n) is 18.4. The Morgan fingerprint density at radius 3 is 2.58 bits per heavy atom. The Balaban J connectivity index is 2.15. The van der Waals surface area contributed by atoms with E-state index in [1.807, 2.05) is 13.8 Å². The van der Waals surface area contributed by atoms with Crippen molar-refractivity contribution in [2.24, 2.45) is 4.99 Å². The molecule has 2 heterocycles. The Labute approximate surface area is 185 Å². The molecule has 31 heavy (non-hydrogen) atoms. The van der Waals surface area contributed by atoms with Crippen LogP contribution in [0.5, 0.6) is 11.5 Å². The second kappa shape index (κ2) is 9.13. The minimum Gasteiger partial charge on any atom is -0.490 e. The molecule has 0 bridgehead atoms. The van der Waals surface area contributed by atoms with E-state index >= 15 is 0 Å². The number of hydrogen-bond acceptors (Lipinski definition) is 8. The summed E-state index contributed by atoms with van der Waals surface area (Å²) in [6, 6.07) is 4.27. The number of amidine groups is 1. The second-order valence-corrected chi connectivity index (χ2v) is 8.76. The summed E-state index contributed by atoms with van der Waals surface area (Å²) >= 11 is 1.35. The van der Waals surface area contributed by atoms with Crippen molar-refractivity contribution in [1.29, 1.82) is 0 Å². The summed E-state index contributed by atoms with van der Waals surface area (Å²) in [5.74, 6) is -0.526. The van der Waals surface area contributed by atoms with Gasteiger partial charge in [-0.05, 0) is 52.3 Å². The smallest absolute Gasteiger partial charge is 0.338 e. The molecule has 9 heteroatoms. The first-order valence-corrected chi connectivity index (χ1v) is 11.0. The van der Waals surface area contributed by atoms with Crippen LogP contribution in [-0.2, 0) is 19.1 Å². The van der Waals surface area contributed by atoms with E-state index in [9.17, 15) is 14.4 Å². The number of esters is 2. The van der Waals surface area contributed by atoms with Crippen LogP contribution in [0.1, 0.15) is 53.1 Å². The molecule has 1 aromatic rings. The van der Waals surface area contributed by atoms with E-state index in [2.05, 4.69) is 4.99 Å². The maximum absolute atomic E-state index is 13.0. The zero-order valence-corrected chi connectivity index (χ0v) is 19.2. The van der Waals surface area contributed by atoms with Gasteiger partial charge in [-0.2, -0.15) is 0 Å². The van der Waals surface area contributed by atoms with E-state index in [1.54, 1.807) is 39.0 Å². The minimum absolute atomic E-state index is 0.141. The summed E-state index contributed by atoms with van der Waals surface area (Å²) in [6.45, 7) is 10.5. The van der Waals surface area contributed by atoms with Crippen molar-refractivity contribution in [3.8, 4) is 11.5 Å². The quantitative estimate of drug-likeness (QED) is 0.487. The molecule has 1 saturated heterocycles. The summed E-state index contributed by atoms with van der Waals surface area (Å²) in [5.41, 5.74) is 1.42. The van der Waals surface area contributed by atoms with Gasteiger partial charge in [0.1, 0.15) is 0 Å². The van der Waals surface area contributed by atoms with Crippen LogP contribution in [-0.4, -0.2) is 45.9 Å². The fourth-order valence-corrected chi connectivity index (χ4v) is 4.49. The summed E-state index contributed by atoms with van der Waals surface area (Å²) in [4.78, 5) is 43.5. The maximum Gasteiger partial charge on any atom is 0.338 e. The molecule has 8 nitrogen and oxygen atoms in total. The Hall–Kier alpha value is -2.81. The van der Waals surface area contributed by atoms with Gasteiger partial charge in [-0.15, -0.1) is 0 Å². The van der Waals surface area contributed by atoms with Crippen molar-refractivity contribution in [2.75, 3.05) is 6.61 Å². The van der Waals surface area contributed by atoms with Gasteiger partial charge in [-0.25, -0.2) is 9.79 Å². The number of amides is 1. The molecule has 0 aromatic heterocycles. The lowest BCUT2D eigenvalue weighted by molar-refractivity contribution is -0.143. The molecule has 0 spiro atoms. The molecular formula is C22H26N2O6S. The molecule has 1 fully saturated rings. The van der Waals surface area contributed by atoms with Gasteiger partial charge in [0.15, 0.2) is 16.7 Å². The first kappa shape index (κ1) is 22.9. The molecule has 3 rings (SSSR count). The molecule has 0 aliphatic carbocycles. The average molecular weight is 447 g/mol. The largest absolute Gasteiger partial charge is 0.490 e. The molecule has 166 valence electrons. The topological polar surface area (TPSA) is 94.5 Å². The normalized spacial score (nSPS) is 20.5. The van der Waals surface area contributed by atoms with Crippen LogP contribution >= 0.6 is 11.8 Å². The molecule has 0 unspecified atom stereocenters. The number of ether oxygens (including phenoxy) is 3. The van der Waals surface area contributed by atoms with Gasteiger partial charge in [0, 0.05) is 6.92 Å². The third-order valence-corrected chi connectivity index (χ3v) is 5.71. The first-order chi connectivity index (χ1) is 14.6. The van der Waals surface area contributed by atoms with Crippen molar-refractivity contribution in [3.63, 3.8) is 0 Å². The highest BCUT2D eigenvalue weighted by molar-refractivity contribution is 8.15. The fourth-order valence-electron chi connectivity index (χ4n) is 3.46. The predicted octanol–water partition coefficient (Wildman–Crippen LogP) is 3.61. The summed E-state index contributed by atoms with van der Waals surface area (Å²) in [7, 11) is 0. The molecule has 2 atom stereocenters. The lowest BCUT2D eigenvalue weighted by Gasteiger charge is -2.33. The molecule has 0 saturated carbocycles. The maximum atomic E-state index is 13.0. The number of carbonyl (C=O) groups excluding carboxylic acids is 3. The van der Waals surface area contributed by atoms with Gasteiger partial charge < -0.3 is 14.2 Å². The highest BCUT2D eigenvalue weighted by Gasteiger charge is 2.46. The lowest BCUT2D eigenvalue weighted by atomic mass is 9.94. The molecule has 0 N–H and O–H groups in total. The highest BCUT2D eigenvalue weighted by atomic mass is 32.2. The van der Waals surface area contributed by atoms with Crippen molar-refractivity contribution in [1.82, 2.24) is 4.90 Å². The summed E-state index contributed by atoms with van der Waals surface area (Å²) < 4.78 is 16.4. The van der Waals surface area contributed by atoms with E-state index < -0.39 is 18.0 Å². The number of hydrogen-bond donors (Lipinski definition) is 0. The van der Waals surface area contributed by atoms with Crippen LogP contribution in [0.25, 0.3) is 0 Å². The second-order valence-electron chi connectivity index (χ2n) is 7.45. The molecule has 2 aliphatic rings. The van der Waals surface area contributed by atoms with Gasteiger partial charge in [0.2, 0.25) is 5.91 Å². The number of benzene rings is 1. The van der Waals surface area contributed by atoms with Gasteiger partial charge >= 0.3 is 11.9 Å². The van der Waals surface area contributed by atoms with E-state index in [1.165, 1.54) is 23.6 Å². The first-order valence-electron chi connectivity index (χ1n) is 10.1. The number of rotatable bonds is 6. The number of allylic oxidation sites excluding steroid dienone is 1. The summed E-state index contributed by atoms with van der Waals surface area (Å²) in [5, 5.41) is 0.226. The van der Waals surface area contributed by atoms with Crippen LogP contribution in [0.2, 0.25) is 0 Å². The van der Waals surface area contributed by atoms with Gasteiger partial charge in [0.25, 0.3) is 0 Å². The molecule has 0 radical (unpaired) electrons. The molecule has 1 aromatic carbocycles. The number of aliphatic imine (C=N–C) groups is 1. The van der Waals surface area contributed by atoms with E-state index in [0.29, 0.717) is 34.4 Å². The third-order valence-electron chi connectivity index (χ3n) is 4.66. The van der Waals surface area contributed by atoms with Crippen LogP contribution in [0.3, 0.4) is 0 Å². The van der Waals surface area contributed by atoms with Crippen LogP contribution in [0.15, 0.2) is 34.5 Å². The standard InChI is InChI=1S/C22H26N2O6S/c1-7-28-17-10-15(8-9-16(17)30-14(6)25)19-18(21(27)29-11(2)3)12(4)23-22-24(19)20(26)13(5)31-22/h8-11,13,19H,7H2,1-6H3/t13-,19+/m1/s1. The molecule has 1 amide bonds. The number of carbonyl (C=O) groups is 3. The van der Waals surface area contributed by atoms with Crippen molar-refractivity contribution >= 4 is 34.8 Å². The van der Waals surface area contributed by atoms with Crippen molar-refractivity contribution in [2.45, 2.75) is 58.9 Å². The Kier molecular flexibility index (Phi) is 6.74. The van der Waals surface area contributed by atoms with Crippen LogP contribution in [0.4, 0.5) is 0 Å². The zero-order chi connectivity index (χ0) is 22.9. The Morgan fingerprint density at radius 1 is 1.26 bits per heavy atom. The number of thioether (sulfide) groups is 1. The van der Waals surface area contributed by atoms with Crippen LogP contribution in [0, 0.1) is 0 Å². The average Bonchev–Trinajstić information content (AvgIpc) is 2.94. The van der Waals surface area contributed by atoms with Gasteiger partial charge in [-0.3, -0.25) is 14.5 Å². The number of nitrogens with zero attached hydrogens (tertiary/aromatic N) is 2. The van der Waals surface area contributed by atoms with E-state index in [0.717, 1.165) is 0 Å². The highest BCUT2D eigenvalue weighted by Crippen LogP contribution is 2.45. The SMILES string of the molecule is CCOc1cc([C@H]2C(C(=O)OC(C)C)=C(C)N=C3S[C@H](C)C(=O)N32)ccc1OC(C)=O. The van der Waals surface area contributed by atoms with Crippen molar-refractivity contribution < 1.29 is 28.6 Å². The molecular weight excluding hydrogens is 420 g/mol. The molecule has 2 aliphatic heterocycles. The third kappa shape index (κ3) is 4.61.